The van der Waals surface area contributed by atoms with Gasteiger partial charge in [0.25, 0.3) is 11.5 Å². The summed E-state index contributed by atoms with van der Waals surface area (Å²) in [5.41, 5.74) is 2.15. The SMILES string of the molecule is COc1ccccc1-n1ccc(C)c(C(=O)Nc2ccccc2CCO)c1=O. The molecule has 1 aromatic heterocycles. The van der Waals surface area contributed by atoms with Crippen molar-refractivity contribution >= 4 is 11.6 Å². The molecule has 2 N–H and O–H groups in total. The quantitative estimate of drug-likeness (QED) is 0.691. The highest BCUT2D eigenvalue weighted by Gasteiger charge is 2.18. The number of aryl methyl sites for hydroxylation is 1. The zero-order chi connectivity index (χ0) is 20.1. The van der Waals surface area contributed by atoms with Gasteiger partial charge in [-0.15, -0.1) is 0 Å². The number of hydrogen-bond acceptors (Lipinski definition) is 4. The van der Waals surface area contributed by atoms with Crippen LogP contribution in [-0.2, 0) is 6.42 Å². The van der Waals surface area contributed by atoms with Crippen LogP contribution in [0, 0.1) is 6.92 Å². The molecule has 0 fully saturated rings. The van der Waals surface area contributed by atoms with E-state index in [0.29, 0.717) is 29.1 Å². The summed E-state index contributed by atoms with van der Waals surface area (Å²) in [6.45, 7) is 1.69. The van der Waals surface area contributed by atoms with Crippen molar-refractivity contribution in [3.8, 4) is 11.4 Å². The van der Waals surface area contributed by atoms with Crippen LogP contribution in [0.5, 0.6) is 5.75 Å². The molecule has 0 radical (unpaired) electrons. The molecular weight excluding hydrogens is 356 g/mol. The average Bonchev–Trinajstić information content (AvgIpc) is 2.70. The molecule has 0 spiro atoms. The van der Waals surface area contributed by atoms with Gasteiger partial charge >= 0.3 is 0 Å². The minimum Gasteiger partial charge on any atom is -0.495 e. The van der Waals surface area contributed by atoms with E-state index in [-0.39, 0.29) is 12.2 Å². The molecule has 6 heteroatoms. The van der Waals surface area contributed by atoms with Crippen molar-refractivity contribution in [3.63, 3.8) is 0 Å². The van der Waals surface area contributed by atoms with E-state index < -0.39 is 11.5 Å². The van der Waals surface area contributed by atoms with Crippen LogP contribution in [-0.4, -0.2) is 29.3 Å². The maximum absolute atomic E-state index is 13.1. The molecule has 3 rings (SSSR count). The second-order valence-electron chi connectivity index (χ2n) is 6.31. The molecule has 0 atom stereocenters. The molecule has 0 aliphatic carbocycles. The summed E-state index contributed by atoms with van der Waals surface area (Å²) in [7, 11) is 1.53. The number of para-hydroxylation sites is 3. The van der Waals surface area contributed by atoms with E-state index in [4.69, 9.17) is 4.74 Å². The number of pyridine rings is 1. The van der Waals surface area contributed by atoms with E-state index in [1.165, 1.54) is 11.7 Å². The highest BCUT2D eigenvalue weighted by atomic mass is 16.5. The highest BCUT2D eigenvalue weighted by Crippen LogP contribution is 2.22. The average molecular weight is 378 g/mol. The lowest BCUT2D eigenvalue weighted by molar-refractivity contribution is 0.102. The molecule has 28 heavy (non-hydrogen) atoms. The molecule has 0 saturated heterocycles. The van der Waals surface area contributed by atoms with Gasteiger partial charge in [0.1, 0.15) is 11.3 Å². The number of aliphatic hydroxyl groups is 1. The number of methoxy groups -OCH3 is 1. The largest absolute Gasteiger partial charge is 0.495 e. The number of hydrogen-bond donors (Lipinski definition) is 2. The Hall–Kier alpha value is -3.38. The van der Waals surface area contributed by atoms with Crippen molar-refractivity contribution < 1.29 is 14.6 Å². The number of ether oxygens (including phenoxy) is 1. The molecule has 0 bridgehead atoms. The lowest BCUT2D eigenvalue weighted by Gasteiger charge is -2.14. The number of nitrogens with one attached hydrogen (secondary N) is 1. The number of carbonyl (C=O) groups is 1. The van der Waals surface area contributed by atoms with Gasteiger partial charge in [-0.1, -0.05) is 30.3 Å². The Labute approximate surface area is 163 Å². The van der Waals surface area contributed by atoms with Gasteiger partial charge in [-0.25, -0.2) is 0 Å². The molecular formula is C22H22N2O4. The molecule has 6 nitrogen and oxygen atoms in total. The van der Waals surface area contributed by atoms with Crippen LogP contribution in [0.2, 0.25) is 0 Å². The van der Waals surface area contributed by atoms with Crippen LogP contribution in [0.15, 0.2) is 65.6 Å². The predicted molar refractivity (Wildman–Crippen MR) is 109 cm³/mol. The van der Waals surface area contributed by atoms with Gasteiger partial charge in [-0.3, -0.25) is 14.2 Å². The Bertz CT molecular complexity index is 1060. The van der Waals surface area contributed by atoms with Crippen LogP contribution in [0.4, 0.5) is 5.69 Å². The lowest BCUT2D eigenvalue weighted by Crippen LogP contribution is -2.29. The minimum atomic E-state index is -0.489. The molecule has 1 heterocycles. The molecule has 2 aromatic carbocycles. The van der Waals surface area contributed by atoms with Crippen molar-refractivity contribution in [3.05, 3.63) is 87.8 Å². The lowest BCUT2D eigenvalue weighted by atomic mass is 10.1. The first kappa shape index (κ1) is 19.4. The topological polar surface area (TPSA) is 80.6 Å². The third-order valence-corrected chi connectivity index (χ3v) is 4.52. The molecule has 144 valence electrons. The van der Waals surface area contributed by atoms with Gasteiger partial charge < -0.3 is 15.2 Å². The van der Waals surface area contributed by atoms with Gasteiger partial charge in [0, 0.05) is 18.5 Å². The first-order chi connectivity index (χ1) is 13.6. The Kier molecular flexibility index (Phi) is 5.91. The maximum atomic E-state index is 13.1. The molecule has 0 unspecified atom stereocenters. The second kappa shape index (κ2) is 8.54. The second-order valence-corrected chi connectivity index (χ2v) is 6.31. The number of aliphatic hydroxyl groups excluding tert-OH is 1. The minimum absolute atomic E-state index is 0.0299. The standard InChI is InChI=1S/C22H22N2O4/c1-15-11-13-24(18-9-5-6-10-19(18)28-2)22(27)20(15)21(26)23-17-8-4-3-7-16(17)12-14-25/h3-11,13,25H,12,14H2,1-2H3,(H,23,26). The van der Waals surface area contributed by atoms with E-state index >= 15 is 0 Å². The normalized spacial score (nSPS) is 10.5. The molecule has 0 aliphatic rings. The fraction of sp³-hybridized carbons (Fsp3) is 0.182. The fourth-order valence-corrected chi connectivity index (χ4v) is 3.09. The highest BCUT2D eigenvalue weighted by molar-refractivity contribution is 6.05. The van der Waals surface area contributed by atoms with Crippen molar-refractivity contribution in [2.45, 2.75) is 13.3 Å². The number of carbonyl (C=O) groups excluding carboxylic acids is 1. The van der Waals surface area contributed by atoms with E-state index in [2.05, 4.69) is 5.32 Å². The zero-order valence-electron chi connectivity index (χ0n) is 15.8. The van der Waals surface area contributed by atoms with Crippen molar-refractivity contribution in [1.82, 2.24) is 4.57 Å². The van der Waals surface area contributed by atoms with Crippen molar-refractivity contribution in [2.24, 2.45) is 0 Å². The monoisotopic (exact) mass is 378 g/mol. The smallest absolute Gasteiger partial charge is 0.268 e. The molecule has 0 aliphatic heterocycles. The number of aromatic nitrogens is 1. The molecule has 3 aromatic rings. The number of rotatable bonds is 6. The van der Waals surface area contributed by atoms with E-state index in [9.17, 15) is 14.7 Å². The van der Waals surface area contributed by atoms with Gasteiger partial charge in [0.15, 0.2) is 0 Å². The Morgan fingerprint density at radius 1 is 1.11 bits per heavy atom. The van der Waals surface area contributed by atoms with Crippen LogP contribution < -0.4 is 15.6 Å². The Morgan fingerprint density at radius 2 is 1.82 bits per heavy atom. The van der Waals surface area contributed by atoms with Crippen LogP contribution >= 0.6 is 0 Å². The third kappa shape index (κ3) is 3.82. The number of nitrogens with zero attached hydrogens (tertiary/aromatic N) is 1. The van der Waals surface area contributed by atoms with E-state index in [0.717, 1.165) is 5.56 Å². The van der Waals surface area contributed by atoms with Crippen molar-refractivity contribution in [2.75, 3.05) is 19.0 Å². The van der Waals surface area contributed by atoms with Crippen molar-refractivity contribution in [1.29, 1.82) is 0 Å². The first-order valence-corrected chi connectivity index (χ1v) is 8.92. The summed E-state index contributed by atoms with van der Waals surface area (Å²) in [6.07, 6.45) is 2.04. The summed E-state index contributed by atoms with van der Waals surface area (Å²) in [5.74, 6) is 0.0465. The van der Waals surface area contributed by atoms with Gasteiger partial charge in [0.05, 0.1) is 12.8 Å². The number of amides is 1. The van der Waals surface area contributed by atoms with Crippen LogP contribution in [0.1, 0.15) is 21.5 Å². The number of benzene rings is 2. The van der Waals surface area contributed by atoms with Crippen LogP contribution in [0.25, 0.3) is 5.69 Å². The van der Waals surface area contributed by atoms with Gasteiger partial charge in [0.2, 0.25) is 0 Å². The summed E-state index contributed by atoms with van der Waals surface area (Å²) in [6, 6.07) is 16.1. The summed E-state index contributed by atoms with van der Waals surface area (Å²) < 4.78 is 6.74. The first-order valence-electron chi connectivity index (χ1n) is 8.92. The Balaban J connectivity index is 2.03. The number of anilines is 1. The fourth-order valence-electron chi connectivity index (χ4n) is 3.09. The summed E-state index contributed by atoms with van der Waals surface area (Å²) in [4.78, 5) is 26.0. The molecule has 1 amide bonds. The predicted octanol–water partition coefficient (Wildman–Crippen LogP) is 2.94. The van der Waals surface area contributed by atoms with Gasteiger partial charge in [-0.05, 0) is 48.7 Å². The Morgan fingerprint density at radius 3 is 2.57 bits per heavy atom. The molecule has 0 saturated carbocycles. The third-order valence-electron chi connectivity index (χ3n) is 4.52. The maximum Gasteiger partial charge on any atom is 0.268 e. The van der Waals surface area contributed by atoms with E-state index in [1.807, 2.05) is 18.2 Å². The van der Waals surface area contributed by atoms with Crippen LogP contribution in [0.3, 0.4) is 0 Å². The summed E-state index contributed by atoms with van der Waals surface area (Å²) >= 11 is 0. The zero-order valence-corrected chi connectivity index (χ0v) is 15.8. The van der Waals surface area contributed by atoms with Gasteiger partial charge in [-0.2, -0.15) is 0 Å². The van der Waals surface area contributed by atoms with E-state index in [1.54, 1.807) is 49.5 Å². The summed E-state index contributed by atoms with van der Waals surface area (Å²) in [5, 5.41) is 12.0.